The molecule has 3 N–H and O–H groups in total. The van der Waals surface area contributed by atoms with Crippen molar-refractivity contribution in [2.24, 2.45) is 17.7 Å². The van der Waals surface area contributed by atoms with Crippen molar-refractivity contribution in [3.05, 3.63) is 29.8 Å². The van der Waals surface area contributed by atoms with Crippen LogP contribution in [0.15, 0.2) is 24.3 Å². The van der Waals surface area contributed by atoms with E-state index in [4.69, 9.17) is 10.6 Å². The van der Waals surface area contributed by atoms with Gasteiger partial charge in [-0.05, 0) is 36.0 Å². The first kappa shape index (κ1) is 10.5. The second-order valence-corrected chi connectivity index (χ2v) is 4.29. The summed E-state index contributed by atoms with van der Waals surface area (Å²) in [7, 11) is 1.68. The molecule has 0 bridgehead atoms. The Bertz CT molecular complexity index is 323. The van der Waals surface area contributed by atoms with Crippen molar-refractivity contribution >= 4 is 0 Å². The summed E-state index contributed by atoms with van der Waals surface area (Å²) in [5.74, 6) is 7.95. The SMILES string of the molecule is COc1ccc(C(NN)C2CC2C)cc1. The molecule has 3 heteroatoms. The molecule has 0 radical (unpaired) electrons. The molecule has 0 heterocycles. The van der Waals surface area contributed by atoms with Crippen molar-refractivity contribution in [2.75, 3.05) is 7.11 Å². The highest BCUT2D eigenvalue weighted by Gasteiger charge is 2.39. The normalized spacial score (nSPS) is 26.1. The van der Waals surface area contributed by atoms with Gasteiger partial charge >= 0.3 is 0 Å². The Morgan fingerprint density at radius 2 is 2.00 bits per heavy atom. The van der Waals surface area contributed by atoms with Gasteiger partial charge in [-0.1, -0.05) is 19.1 Å². The molecule has 0 aromatic heterocycles. The lowest BCUT2D eigenvalue weighted by molar-refractivity contribution is 0.413. The van der Waals surface area contributed by atoms with Crippen LogP contribution in [0.5, 0.6) is 5.75 Å². The molecule has 1 fully saturated rings. The standard InChI is InChI=1S/C12H18N2O/c1-8-7-11(8)12(14-13)9-3-5-10(15-2)6-4-9/h3-6,8,11-12,14H,7,13H2,1-2H3. The van der Waals surface area contributed by atoms with Crippen molar-refractivity contribution < 1.29 is 4.74 Å². The summed E-state index contributed by atoms with van der Waals surface area (Å²) in [4.78, 5) is 0. The van der Waals surface area contributed by atoms with Gasteiger partial charge in [0, 0.05) is 6.04 Å². The van der Waals surface area contributed by atoms with Crippen LogP contribution in [0.25, 0.3) is 0 Å². The van der Waals surface area contributed by atoms with Gasteiger partial charge in [0.05, 0.1) is 7.11 Å². The highest BCUT2D eigenvalue weighted by atomic mass is 16.5. The lowest BCUT2D eigenvalue weighted by Crippen LogP contribution is -2.29. The maximum atomic E-state index is 5.60. The third kappa shape index (κ3) is 2.13. The van der Waals surface area contributed by atoms with Gasteiger partial charge in [0.2, 0.25) is 0 Å². The summed E-state index contributed by atoms with van der Waals surface area (Å²) in [6.45, 7) is 2.26. The average molecular weight is 206 g/mol. The van der Waals surface area contributed by atoms with Crippen molar-refractivity contribution in [1.29, 1.82) is 0 Å². The Morgan fingerprint density at radius 3 is 2.40 bits per heavy atom. The van der Waals surface area contributed by atoms with Crippen LogP contribution in [-0.4, -0.2) is 7.11 Å². The number of hydrogen-bond donors (Lipinski definition) is 2. The number of ether oxygens (including phenoxy) is 1. The van der Waals surface area contributed by atoms with E-state index in [0.717, 1.165) is 11.7 Å². The summed E-state index contributed by atoms with van der Waals surface area (Å²) >= 11 is 0. The maximum Gasteiger partial charge on any atom is 0.118 e. The fourth-order valence-corrected chi connectivity index (χ4v) is 2.09. The van der Waals surface area contributed by atoms with E-state index in [2.05, 4.69) is 24.5 Å². The maximum absolute atomic E-state index is 5.60. The first-order valence-corrected chi connectivity index (χ1v) is 5.36. The Morgan fingerprint density at radius 1 is 1.40 bits per heavy atom. The largest absolute Gasteiger partial charge is 0.497 e. The lowest BCUT2D eigenvalue weighted by atomic mass is 10.0. The van der Waals surface area contributed by atoms with Crippen LogP contribution < -0.4 is 16.0 Å². The van der Waals surface area contributed by atoms with Crippen LogP contribution in [0.2, 0.25) is 0 Å². The fourth-order valence-electron chi connectivity index (χ4n) is 2.09. The van der Waals surface area contributed by atoms with Gasteiger partial charge in [0.25, 0.3) is 0 Å². The van der Waals surface area contributed by atoms with Crippen LogP contribution in [0.1, 0.15) is 24.9 Å². The summed E-state index contributed by atoms with van der Waals surface area (Å²) in [5.41, 5.74) is 4.15. The highest BCUT2D eigenvalue weighted by Crippen LogP contribution is 2.46. The Hall–Kier alpha value is -1.06. The smallest absolute Gasteiger partial charge is 0.118 e. The molecule has 1 aliphatic rings. The first-order valence-electron chi connectivity index (χ1n) is 5.36. The predicted octanol–water partition coefficient (Wildman–Crippen LogP) is 1.86. The van der Waals surface area contributed by atoms with E-state index in [9.17, 15) is 0 Å². The second-order valence-electron chi connectivity index (χ2n) is 4.29. The molecule has 3 unspecified atom stereocenters. The minimum Gasteiger partial charge on any atom is -0.497 e. The van der Waals surface area contributed by atoms with E-state index in [1.165, 1.54) is 12.0 Å². The van der Waals surface area contributed by atoms with Crippen LogP contribution in [0.3, 0.4) is 0 Å². The van der Waals surface area contributed by atoms with E-state index in [1.54, 1.807) is 7.11 Å². The van der Waals surface area contributed by atoms with Crippen molar-refractivity contribution in [1.82, 2.24) is 5.43 Å². The van der Waals surface area contributed by atoms with E-state index >= 15 is 0 Å². The minimum atomic E-state index is 0.283. The molecule has 1 aromatic rings. The van der Waals surface area contributed by atoms with E-state index in [0.29, 0.717) is 5.92 Å². The van der Waals surface area contributed by atoms with Gasteiger partial charge in [-0.2, -0.15) is 0 Å². The zero-order chi connectivity index (χ0) is 10.8. The summed E-state index contributed by atoms with van der Waals surface area (Å²) in [6, 6.07) is 8.40. The van der Waals surface area contributed by atoms with E-state index in [1.807, 2.05) is 12.1 Å². The number of hydrazine groups is 1. The molecule has 2 rings (SSSR count). The molecular weight excluding hydrogens is 188 g/mol. The third-order valence-electron chi connectivity index (χ3n) is 3.25. The number of methoxy groups -OCH3 is 1. The molecule has 15 heavy (non-hydrogen) atoms. The molecule has 0 spiro atoms. The molecule has 82 valence electrons. The predicted molar refractivity (Wildman–Crippen MR) is 60.3 cm³/mol. The van der Waals surface area contributed by atoms with Crippen molar-refractivity contribution in [3.63, 3.8) is 0 Å². The van der Waals surface area contributed by atoms with Crippen LogP contribution in [0, 0.1) is 11.8 Å². The molecule has 1 aromatic carbocycles. The van der Waals surface area contributed by atoms with Crippen LogP contribution in [0.4, 0.5) is 0 Å². The Labute approximate surface area is 90.6 Å². The zero-order valence-electron chi connectivity index (χ0n) is 9.23. The molecule has 1 saturated carbocycles. The minimum absolute atomic E-state index is 0.283. The van der Waals surface area contributed by atoms with Gasteiger partial charge in [0.1, 0.15) is 5.75 Å². The summed E-state index contributed by atoms with van der Waals surface area (Å²) < 4.78 is 5.13. The number of benzene rings is 1. The zero-order valence-corrected chi connectivity index (χ0v) is 9.23. The average Bonchev–Trinajstić information content (AvgIpc) is 2.98. The van der Waals surface area contributed by atoms with Gasteiger partial charge in [-0.15, -0.1) is 0 Å². The molecular formula is C12H18N2O. The Kier molecular flexibility index (Phi) is 2.93. The van der Waals surface area contributed by atoms with E-state index < -0.39 is 0 Å². The topological polar surface area (TPSA) is 47.3 Å². The van der Waals surface area contributed by atoms with Crippen LogP contribution in [-0.2, 0) is 0 Å². The van der Waals surface area contributed by atoms with Gasteiger partial charge in [-0.25, -0.2) is 0 Å². The molecule has 1 aliphatic carbocycles. The van der Waals surface area contributed by atoms with Gasteiger partial charge in [-0.3, -0.25) is 11.3 Å². The van der Waals surface area contributed by atoms with Crippen molar-refractivity contribution in [3.8, 4) is 5.75 Å². The molecule has 3 atom stereocenters. The quantitative estimate of drug-likeness (QED) is 0.584. The Balaban J connectivity index is 2.12. The van der Waals surface area contributed by atoms with E-state index in [-0.39, 0.29) is 6.04 Å². The molecule has 0 aliphatic heterocycles. The summed E-state index contributed by atoms with van der Waals surface area (Å²) in [5, 5.41) is 0. The van der Waals surface area contributed by atoms with Crippen LogP contribution >= 0.6 is 0 Å². The van der Waals surface area contributed by atoms with Gasteiger partial charge < -0.3 is 4.74 Å². The van der Waals surface area contributed by atoms with Gasteiger partial charge in [0.15, 0.2) is 0 Å². The number of hydrogen-bond acceptors (Lipinski definition) is 3. The molecule has 0 saturated heterocycles. The first-order chi connectivity index (χ1) is 7.26. The fraction of sp³-hybridized carbons (Fsp3) is 0.500. The lowest BCUT2D eigenvalue weighted by Gasteiger charge is -2.16. The third-order valence-corrected chi connectivity index (χ3v) is 3.25. The number of nitrogens with two attached hydrogens (primary N) is 1. The molecule has 3 nitrogen and oxygen atoms in total. The summed E-state index contributed by atoms with van der Waals surface area (Å²) in [6.07, 6.45) is 1.26. The second kappa shape index (κ2) is 4.21. The number of rotatable bonds is 4. The van der Waals surface area contributed by atoms with Crippen molar-refractivity contribution in [2.45, 2.75) is 19.4 Å². The highest BCUT2D eigenvalue weighted by molar-refractivity contribution is 5.30. The molecule has 0 amide bonds. The number of nitrogens with one attached hydrogen (secondary N) is 1. The monoisotopic (exact) mass is 206 g/mol.